The van der Waals surface area contributed by atoms with Crippen molar-refractivity contribution in [1.29, 1.82) is 0 Å². The minimum Gasteiger partial charge on any atom is -0.454 e. The first-order valence-corrected chi connectivity index (χ1v) is 10.4. The topological polar surface area (TPSA) is 38.5 Å². The van der Waals surface area contributed by atoms with Crippen molar-refractivity contribution in [2.24, 2.45) is 0 Å². The van der Waals surface area contributed by atoms with Crippen molar-refractivity contribution in [2.75, 3.05) is 12.3 Å². The van der Waals surface area contributed by atoms with E-state index in [1.165, 1.54) is 12.1 Å². The number of benzene rings is 3. The fourth-order valence-corrected chi connectivity index (χ4v) is 4.22. The molecular weight excluding hydrogens is 448 g/mol. The first kappa shape index (κ1) is 21.8. The average Bonchev–Trinajstić information content (AvgIpc) is 2.70. The SMILES string of the molecule is Nc1cc(Cl)c(Oc2ccc3c(c2)CCN(Cc2ccc(C(F)(F)F)cc2)C3)c(Cl)c1. The summed E-state index contributed by atoms with van der Waals surface area (Å²) in [6.07, 6.45) is -3.51. The van der Waals surface area contributed by atoms with E-state index >= 15 is 0 Å². The molecule has 1 aliphatic rings. The largest absolute Gasteiger partial charge is 0.454 e. The molecular formula is C23H19Cl2F3N2O. The highest BCUT2D eigenvalue weighted by atomic mass is 35.5. The zero-order chi connectivity index (χ0) is 22.2. The van der Waals surface area contributed by atoms with Crippen molar-refractivity contribution in [1.82, 2.24) is 4.90 Å². The Kier molecular flexibility index (Phi) is 6.06. The van der Waals surface area contributed by atoms with Crippen LogP contribution in [0.5, 0.6) is 11.5 Å². The number of hydrogen-bond donors (Lipinski definition) is 1. The Morgan fingerprint density at radius 1 is 0.935 bits per heavy atom. The Balaban J connectivity index is 1.44. The fraction of sp³-hybridized carbons (Fsp3) is 0.217. The second kappa shape index (κ2) is 8.61. The molecule has 0 atom stereocenters. The maximum Gasteiger partial charge on any atom is 0.416 e. The van der Waals surface area contributed by atoms with E-state index in [2.05, 4.69) is 4.90 Å². The summed E-state index contributed by atoms with van der Waals surface area (Å²) in [7, 11) is 0. The van der Waals surface area contributed by atoms with Crippen molar-refractivity contribution in [2.45, 2.75) is 25.7 Å². The van der Waals surface area contributed by atoms with Crippen LogP contribution in [0.15, 0.2) is 54.6 Å². The maximum absolute atomic E-state index is 12.7. The molecule has 0 fully saturated rings. The number of rotatable bonds is 4. The lowest BCUT2D eigenvalue weighted by Gasteiger charge is -2.29. The van der Waals surface area contributed by atoms with Crippen molar-refractivity contribution >= 4 is 28.9 Å². The number of nitrogen functional groups attached to an aromatic ring is 1. The van der Waals surface area contributed by atoms with Gasteiger partial charge in [0, 0.05) is 25.3 Å². The molecule has 31 heavy (non-hydrogen) atoms. The van der Waals surface area contributed by atoms with Crippen LogP contribution in [-0.4, -0.2) is 11.4 Å². The molecule has 8 heteroatoms. The average molecular weight is 467 g/mol. The van der Waals surface area contributed by atoms with E-state index in [0.717, 1.165) is 41.8 Å². The van der Waals surface area contributed by atoms with Gasteiger partial charge in [0.1, 0.15) is 5.75 Å². The summed E-state index contributed by atoms with van der Waals surface area (Å²) in [6.45, 7) is 2.09. The Morgan fingerprint density at radius 3 is 2.26 bits per heavy atom. The Morgan fingerprint density at radius 2 is 1.61 bits per heavy atom. The highest BCUT2D eigenvalue weighted by Crippen LogP contribution is 2.39. The zero-order valence-electron chi connectivity index (χ0n) is 16.3. The lowest BCUT2D eigenvalue weighted by molar-refractivity contribution is -0.137. The predicted octanol–water partition coefficient (Wildman–Crippen LogP) is 6.95. The molecule has 0 unspecified atom stereocenters. The van der Waals surface area contributed by atoms with Crippen molar-refractivity contribution < 1.29 is 17.9 Å². The molecule has 0 amide bonds. The number of alkyl halides is 3. The number of fused-ring (bicyclic) bond motifs is 1. The molecule has 2 N–H and O–H groups in total. The normalized spacial score (nSPS) is 14.4. The molecule has 162 valence electrons. The van der Waals surface area contributed by atoms with Gasteiger partial charge in [-0.25, -0.2) is 0 Å². The fourth-order valence-electron chi connectivity index (χ4n) is 3.64. The minimum absolute atomic E-state index is 0.338. The van der Waals surface area contributed by atoms with Crippen LogP contribution < -0.4 is 10.5 Å². The summed E-state index contributed by atoms with van der Waals surface area (Å²) in [5.74, 6) is 0.987. The smallest absolute Gasteiger partial charge is 0.416 e. The van der Waals surface area contributed by atoms with Crippen LogP contribution in [0, 0.1) is 0 Å². The highest BCUT2D eigenvalue weighted by molar-refractivity contribution is 6.37. The molecule has 0 bridgehead atoms. The maximum atomic E-state index is 12.7. The van der Waals surface area contributed by atoms with Gasteiger partial charge in [0.2, 0.25) is 0 Å². The molecule has 0 radical (unpaired) electrons. The number of nitrogens with two attached hydrogens (primary N) is 1. The second-order valence-electron chi connectivity index (χ2n) is 7.50. The van der Waals surface area contributed by atoms with Crippen LogP contribution in [0.4, 0.5) is 18.9 Å². The molecule has 3 aromatic carbocycles. The van der Waals surface area contributed by atoms with E-state index in [-0.39, 0.29) is 0 Å². The number of nitrogens with zero attached hydrogens (tertiary/aromatic N) is 1. The Bertz CT molecular complexity index is 1080. The molecule has 3 aromatic rings. The van der Waals surface area contributed by atoms with Gasteiger partial charge >= 0.3 is 6.18 Å². The van der Waals surface area contributed by atoms with E-state index in [0.29, 0.717) is 40.3 Å². The van der Waals surface area contributed by atoms with Crippen LogP contribution in [0.1, 0.15) is 22.3 Å². The summed E-state index contributed by atoms with van der Waals surface area (Å²) in [4.78, 5) is 2.21. The molecule has 0 spiro atoms. The van der Waals surface area contributed by atoms with Crippen molar-refractivity contribution in [3.63, 3.8) is 0 Å². The number of halogens is 5. The van der Waals surface area contributed by atoms with Crippen LogP contribution in [0.2, 0.25) is 10.0 Å². The van der Waals surface area contributed by atoms with Gasteiger partial charge in [-0.2, -0.15) is 13.2 Å². The van der Waals surface area contributed by atoms with E-state index in [1.807, 2.05) is 18.2 Å². The molecule has 0 aliphatic carbocycles. The van der Waals surface area contributed by atoms with E-state index in [9.17, 15) is 13.2 Å². The summed E-state index contributed by atoms with van der Waals surface area (Å²) in [5.41, 5.74) is 8.72. The molecule has 0 saturated heterocycles. The van der Waals surface area contributed by atoms with Crippen LogP contribution >= 0.6 is 23.2 Å². The first-order chi connectivity index (χ1) is 14.7. The number of anilines is 1. The molecule has 0 aromatic heterocycles. The Labute approximate surface area is 188 Å². The van der Waals surface area contributed by atoms with Gasteiger partial charge in [-0.15, -0.1) is 0 Å². The third-order valence-electron chi connectivity index (χ3n) is 5.20. The third kappa shape index (κ3) is 5.09. The predicted molar refractivity (Wildman–Crippen MR) is 117 cm³/mol. The van der Waals surface area contributed by atoms with Gasteiger partial charge in [0.05, 0.1) is 15.6 Å². The zero-order valence-corrected chi connectivity index (χ0v) is 17.9. The number of hydrogen-bond acceptors (Lipinski definition) is 3. The Hall–Kier alpha value is -2.41. The quantitative estimate of drug-likeness (QED) is 0.423. The third-order valence-corrected chi connectivity index (χ3v) is 5.76. The van der Waals surface area contributed by atoms with Gasteiger partial charge in [-0.1, -0.05) is 41.4 Å². The summed E-state index contributed by atoms with van der Waals surface area (Å²) >= 11 is 12.4. The summed E-state index contributed by atoms with van der Waals surface area (Å²) in [6, 6.07) is 14.3. The summed E-state index contributed by atoms with van der Waals surface area (Å²) in [5, 5.41) is 0.677. The molecule has 1 heterocycles. The lowest BCUT2D eigenvalue weighted by atomic mass is 9.99. The van der Waals surface area contributed by atoms with Crippen molar-refractivity contribution in [3.8, 4) is 11.5 Å². The van der Waals surface area contributed by atoms with Crippen LogP contribution in [-0.2, 0) is 25.7 Å². The molecule has 1 aliphatic heterocycles. The van der Waals surface area contributed by atoms with Gasteiger partial charge in [-0.05, 0) is 59.5 Å². The summed E-state index contributed by atoms with van der Waals surface area (Å²) < 4.78 is 44.1. The molecule has 0 saturated carbocycles. The van der Waals surface area contributed by atoms with Crippen LogP contribution in [0.3, 0.4) is 0 Å². The molecule has 4 rings (SSSR count). The monoisotopic (exact) mass is 466 g/mol. The van der Waals surface area contributed by atoms with E-state index in [4.69, 9.17) is 33.7 Å². The minimum atomic E-state index is -4.32. The van der Waals surface area contributed by atoms with Crippen LogP contribution in [0.25, 0.3) is 0 Å². The van der Waals surface area contributed by atoms with Gasteiger partial charge < -0.3 is 10.5 Å². The first-order valence-electron chi connectivity index (χ1n) is 9.62. The molecule has 3 nitrogen and oxygen atoms in total. The van der Waals surface area contributed by atoms with Gasteiger partial charge in [-0.3, -0.25) is 4.90 Å². The van der Waals surface area contributed by atoms with Crippen molar-refractivity contribution in [3.05, 3.63) is 86.9 Å². The van der Waals surface area contributed by atoms with Gasteiger partial charge in [0.25, 0.3) is 0 Å². The van der Waals surface area contributed by atoms with E-state index in [1.54, 1.807) is 12.1 Å². The van der Waals surface area contributed by atoms with E-state index < -0.39 is 11.7 Å². The standard InChI is InChI=1S/C23H19Cl2F3N2O/c24-20-10-18(29)11-21(25)22(20)31-19-6-3-16-13-30(8-7-15(16)9-19)12-14-1-4-17(5-2-14)23(26,27)28/h1-6,9-11H,7-8,12-13,29H2. The number of ether oxygens (including phenoxy) is 1. The highest BCUT2D eigenvalue weighted by Gasteiger charge is 2.30. The lowest BCUT2D eigenvalue weighted by Crippen LogP contribution is -2.30. The van der Waals surface area contributed by atoms with Gasteiger partial charge in [0.15, 0.2) is 5.75 Å². The second-order valence-corrected chi connectivity index (χ2v) is 8.32.